The Hall–Kier alpha value is -0.830. The molecule has 3 heteroatoms. The standard InChI is InChI=1S/C12H23N3/c1-4-15-9-8-14-12(15)10-13-7-5-6-11(2)3/h8-9,11,13H,4-7,10H2,1-3H3. The molecule has 1 aromatic heterocycles. The van der Waals surface area contributed by atoms with E-state index in [9.17, 15) is 0 Å². The summed E-state index contributed by atoms with van der Waals surface area (Å²) >= 11 is 0. The SMILES string of the molecule is CCn1ccnc1CNCCCC(C)C. The molecule has 0 saturated carbocycles. The van der Waals surface area contributed by atoms with Crippen molar-refractivity contribution in [2.24, 2.45) is 5.92 Å². The Morgan fingerprint density at radius 2 is 2.27 bits per heavy atom. The number of hydrogen-bond donors (Lipinski definition) is 1. The normalized spacial score (nSPS) is 11.2. The van der Waals surface area contributed by atoms with Gasteiger partial charge in [-0.2, -0.15) is 0 Å². The van der Waals surface area contributed by atoms with Crippen molar-refractivity contribution < 1.29 is 0 Å². The summed E-state index contributed by atoms with van der Waals surface area (Å²) in [5.41, 5.74) is 0. The molecule has 0 fully saturated rings. The summed E-state index contributed by atoms with van der Waals surface area (Å²) in [4.78, 5) is 4.32. The average molecular weight is 209 g/mol. The van der Waals surface area contributed by atoms with Crippen molar-refractivity contribution in [3.8, 4) is 0 Å². The Labute approximate surface area is 92.9 Å². The maximum Gasteiger partial charge on any atom is 0.122 e. The molecule has 0 spiro atoms. The van der Waals surface area contributed by atoms with Crippen molar-refractivity contribution >= 4 is 0 Å². The van der Waals surface area contributed by atoms with E-state index in [0.717, 1.165) is 31.4 Å². The number of imidazole rings is 1. The van der Waals surface area contributed by atoms with Gasteiger partial charge >= 0.3 is 0 Å². The van der Waals surface area contributed by atoms with Gasteiger partial charge in [-0.3, -0.25) is 0 Å². The fourth-order valence-corrected chi connectivity index (χ4v) is 1.63. The lowest BCUT2D eigenvalue weighted by Crippen LogP contribution is -2.18. The zero-order chi connectivity index (χ0) is 11.1. The summed E-state index contributed by atoms with van der Waals surface area (Å²) in [5.74, 6) is 1.95. The van der Waals surface area contributed by atoms with E-state index < -0.39 is 0 Å². The summed E-state index contributed by atoms with van der Waals surface area (Å²) in [6.45, 7) is 9.66. The molecule has 0 aromatic carbocycles. The molecule has 0 aliphatic heterocycles. The predicted octanol–water partition coefficient (Wildman–Crippen LogP) is 2.43. The number of aryl methyl sites for hydroxylation is 1. The van der Waals surface area contributed by atoms with Crippen LogP contribution in [0, 0.1) is 5.92 Å². The van der Waals surface area contributed by atoms with Crippen molar-refractivity contribution in [2.45, 2.75) is 46.7 Å². The molecule has 0 aliphatic carbocycles. The van der Waals surface area contributed by atoms with Crippen LogP contribution in [0.2, 0.25) is 0 Å². The number of rotatable bonds is 7. The van der Waals surface area contributed by atoms with Crippen LogP contribution in [0.25, 0.3) is 0 Å². The molecule has 0 amide bonds. The summed E-state index contributed by atoms with van der Waals surface area (Å²) in [7, 11) is 0. The molecule has 1 heterocycles. The number of nitrogens with zero attached hydrogens (tertiary/aromatic N) is 2. The molecule has 0 aliphatic rings. The largest absolute Gasteiger partial charge is 0.334 e. The first-order chi connectivity index (χ1) is 7.24. The molecule has 1 aromatic rings. The van der Waals surface area contributed by atoms with E-state index in [-0.39, 0.29) is 0 Å². The molecule has 0 atom stereocenters. The maximum atomic E-state index is 4.32. The molecule has 3 nitrogen and oxygen atoms in total. The predicted molar refractivity (Wildman–Crippen MR) is 63.7 cm³/mol. The first-order valence-corrected chi connectivity index (χ1v) is 5.94. The van der Waals surface area contributed by atoms with Gasteiger partial charge in [0.25, 0.3) is 0 Å². The van der Waals surface area contributed by atoms with Gasteiger partial charge in [0, 0.05) is 18.9 Å². The van der Waals surface area contributed by atoms with Crippen molar-refractivity contribution in [1.29, 1.82) is 0 Å². The molecule has 86 valence electrons. The van der Waals surface area contributed by atoms with Gasteiger partial charge in [0.15, 0.2) is 0 Å². The van der Waals surface area contributed by atoms with E-state index in [1.54, 1.807) is 0 Å². The zero-order valence-corrected chi connectivity index (χ0v) is 10.2. The van der Waals surface area contributed by atoms with Gasteiger partial charge in [0.05, 0.1) is 6.54 Å². The molecule has 0 unspecified atom stereocenters. The third kappa shape index (κ3) is 4.47. The highest BCUT2D eigenvalue weighted by Gasteiger charge is 1.99. The third-order valence-corrected chi connectivity index (χ3v) is 2.56. The van der Waals surface area contributed by atoms with Crippen LogP contribution in [0.1, 0.15) is 39.4 Å². The van der Waals surface area contributed by atoms with Crippen LogP contribution < -0.4 is 5.32 Å². The van der Waals surface area contributed by atoms with Gasteiger partial charge < -0.3 is 9.88 Å². The van der Waals surface area contributed by atoms with Crippen molar-refractivity contribution in [3.05, 3.63) is 18.2 Å². The van der Waals surface area contributed by atoms with Crippen LogP contribution >= 0.6 is 0 Å². The fourth-order valence-electron chi connectivity index (χ4n) is 1.63. The second-order valence-corrected chi connectivity index (χ2v) is 4.34. The van der Waals surface area contributed by atoms with Crippen LogP contribution in [0.5, 0.6) is 0 Å². The molecule has 0 radical (unpaired) electrons. The van der Waals surface area contributed by atoms with Crippen LogP contribution in [0.3, 0.4) is 0 Å². The van der Waals surface area contributed by atoms with Gasteiger partial charge in [-0.25, -0.2) is 4.98 Å². The Bertz CT molecular complexity index is 266. The summed E-state index contributed by atoms with van der Waals surface area (Å²) in [6.07, 6.45) is 6.46. The Morgan fingerprint density at radius 1 is 1.47 bits per heavy atom. The third-order valence-electron chi connectivity index (χ3n) is 2.56. The molecule has 15 heavy (non-hydrogen) atoms. The highest BCUT2D eigenvalue weighted by Crippen LogP contribution is 2.02. The Morgan fingerprint density at radius 3 is 2.93 bits per heavy atom. The second kappa shape index (κ2) is 6.62. The first kappa shape index (κ1) is 12.2. The minimum absolute atomic E-state index is 0.810. The second-order valence-electron chi connectivity index (χ2n) is 4.34. The van der Waals surface area contributed by atoms with Gasteiger partial charge in [-0.1, -0.05) is 13.8 Å². The molecular formula is C12H23N3. The summed E-state index contributed by atoms with van der Waals surface area (Å²) in [6, 6.07) is 0. The quantitative estimate of drug-likeness (QED) is 0.699. The van der Waals surface area contributed by atoms with Crippen molar-refractivity contribution in [1.82, 2.24) is 14.9 Å². The number of hydrogen-bond acceptors (Lipinski definition) is 2. The van der Waals surface area contributed by atoms with Crippen molar-refractivity contribution in [3.63, 3.8) is 0 Å². The lowest BCUT2D eigenvalue weighted by molar-refractivity contribution is 0.518. The van der Waals surface area contributed by atoms with Crippen LogP contribution in [0.15, 0.2) is 12.4 Å². The van der Waals surface area contributed by atoms with E-state index >= 15 is 0 Å². The van der Waals surface area contributed by atoms with E-state index in [1.165, 1.54) is 12.8 Å². The molecule has 1 rings (SSSR count). The van der Waals surface area contributed by atoms with Gasteiger partial charge in [0.1, 0.15) is 5.82 Å². The highest BCUT2D eigenvalue weighted by molar-refractivity contribution is 4.91. The Kier molecular flexibility index (Phi) is 5.40. The van der Waals surface area contributed by atoms with Crippen molar-refractivity contribution in [2.75, 3.05) is 6.54 Å². The van der Waals surface area contributed by atoms with Crippen LogP contribution in [-0.2, 0) is 13.1 Å². The lowest BCUT2D eigenvalue weighted by atomic mass is 10.1. The molecular weight excluding hydrogens is 186 g/mol. The molecule has 0 bridgehead atoms. The van der Waals surface area contributed by atoms with Gasteiger partial charge in [-0.15, -0.1) is 0 Å². The number of aromatic nitrogens is 2. The number of nitrogens with one attached hydrogen (secondary N) is 1. The zero-order valence-electron chi connectivity index (χ0n) is 10.2. The first-order valence-electron chi connectivity index (χ1n) is 5.94. The van der Waals surface area contributed by atoms with Crippen LogP contribution in [-0.4, -0.2) is 16.1 Å². The lowest BCUT2D eigenvalue weighted by Gasteiger charge is -2.07. The minimum atomic E-state index is 0.810. The topological polar surface area (TPSA) is 29.9 Å². The highest BCUT2D eigenvalue weighted by atomic mass is 15.1. The van der Waals surface area contributed by atoms with E-state index in [0.29, 0.717) is 0 Å². The Balaban J connectivity index is 2.15. The minimum Gasteiger partial charge on any atom is -0.334 e. The van der Waals surface area contributed by atoms with Crippen LogP contribution in [0.4, 0.5) is 0 Å². The molecule has 1 N–H and O–H groups in total. The van der Waals surface area contributed by atoms with Gasteiger partial charge in [0.2, 0.25) is 0 Å². The molecule has 0 saturated heterocycles. The maximum absolute atomic E-state index is 4.32. The van der Waals surface area contributed by atoms with Gasteiger partial charge in [-0.05, 0) is 32.2 Å². The summed E-state index contributed by atoms with van der Waals surface area (Å²) < 4.78 is 2.18. The van der Waals surface area contributed by atoms with E-state index in [4.69, 9.17) is 0 Å². The van der Waals surface area contributed by atoms with E-state index in [2.05, 4.69) is 35.6 Å². The van der Waals surface area contributed by atoms with E-state index in [1.807, 2.05) is 12.4 Å². The average Bonchev–Trinajstić information content (AvgIpc) is 2.64. The smallest absolute Gasteiger partial charge is 0.122 e. The fraction of sp³-hybridized carbons (Fsp3) is 0.750. The monoisotopic (exact) mass is 209 g/mol. The summed E-state index contributed by atoms with van der Waals surface area (Å²) in [5, 5.41) is 3.43.